The first kappa shape index (κ1) is 12.6. The van der Waals surface area contributed by atoms with E-state index in [9.17, 15) is 4.79 Å². The molecular formula is C13H18N4O. The smallest absolute Gasteiger partial charge is 0.251 e. The molecule has 1 heterocycles. The third kappa shape index (κ3) is 3.07. The van der Waals surface area contributed by atoms with Crippen molar-refractivity contribution in [2.24, 2.45) is 0 Å². The Bertz CT molecular complexity index is 533. The summed E-state index contributed by atoms with van der Waals surface area (Å²) >= 11 is 0. The molecule has 0 unspecified atom stereocenters. The molecule has 0 aliphatic carbocycles. The molecule has 0 spiro atoms. The van der Waals surface area contributed by atoms with E-state index < -0.39 is 0 Å². The van der Waals surface area contributed by atoms with Gasteiger partial charge in [0.2, 0.25) is 0 Å². The second-order valence-electron chi connectivity index (χ2n) is 4.58. The fourth-order valence-corrected chi connectivity index (χ4v) is 1.78. The largest absolute Gasteiger partial charge is 0.352 e. The molecule has 1 amide bonds. The third-order valence-electron chi connectivity index (χ3n) is 2.77. The van der Waals surface area contributed by atoms with Gasteiger partial charge in [0, 0.05) is 17.5 Å². The highest BCUT2D eigenvalue weighted by atomic mass is 16.1. The van der Waals surface area contributed by atoms with Gasteiger partial charge >= 0.3 is 0 Å². The Hall–Kier alpha value is -1.88. The lowest BCUT2D eigenvalue weighted by Gasteiger charge is -2.09. The van der Waals surface area contributed by atoms with E-state index in [0.29, 0.717) is 12.1 Å². The zero-order valence-electron chi connectivity index (χ0n) is 10.7. The van der Waals surface area contributed by atoms with Gasteiger partial charge in [-0.1, -0.05) is 6.07 Å². The average molecular weight is 246 g/mol. The number of H-pyrrole nitrogens is 1. The van der Waals surface area contributed by atoms with Crippen LogP contribution in [0.4, 0.5) is 0 Å². The molecule has 5 heteroatoms. The van der Waals surface area contributed by atoms with Crippen LogP contribution in [-0.4, -0.2) is 48.2 Å². The fourth-order valence-electron chi connectivity index (χ4n) is 1.78. The van der Waals surface area contributed by atoms with Gasteiger partial charge < -0.3 is 10.2 Å². The number of nitrogens with zero attached hydrogens (tertiary/aromatic N) is 2. The Balaban J connectivity index is 1.92. The number of rotatable bonds is 5. The summed E-state index contributed by atoms with van der Waals surface area (Å²) in [5, 5.41) is 10.7. The minimum absolute atomic E-state index is 0.0368. The molecule has 0 bridgehead atoms. The molecule has 0 fully saturated rings. The van der Waals surface area contributed by atoms with Crippen LogP contribution in [0.1, 0.15) is 16.8 Å². The van der Waals surface area contributed by atoms with Gasteiger partial charge in [-0.3, -0.25) is 9.89 Å². The summed E-state index contributed by atoms with van der Waals surface area (Å²) in [5.41, 5.74) is 1.55. The Morgan fingerprint density at radius 1 is 1.44 bits per heavy atom. The van der Waals surface area contributed by atoms with Crippen LogP contribution in [0.2, 0.25) is 0 Å². The molecule has 0 saturated carbocycles. The molecule has 5 nitrogen and oxygen atoms in total. The van der Waals surface area contributed by atoms with Crippen LogP contribution in [0.15, 0.2) is 24.4 Å². The van der Waals surface area contributed by atoms with Gasteiger partial charge in [-0.05, 0) is 39.2 Å². The predicted octanol–water partition coefficient (Wildman–Crippen LogP) is 1.24. The van der Waals surface area contributed by atoms with Gasteiger partial charge in [-0.25, -0.2) is 0 Å². The minimum atomic E-state index is -0.0368. The maximum atomic E-state index is 11.9. The summed E-state index contributed by atoms with van der Waals surface area (Å²) < 4.78 is 0. The lowest BCUT2D eigenvalue weighted by Crippen LogP contribution is -2.27. The number of fused-ring (bicyclic) bond motifs is 1. The highest BCUT2D eigenvalue weighted by Gasteiger charge is 2.06. The molecule has 0 aliphatic rings. The van der Waals surface area contributed by atoms with Gasteiger partial charge in [-0.2, -0.15) is 5.10 Å². The molecule has 0 radical (unpaired) electrons. The first-order chi connectivity index (χ1) is 8.66. The van der Waals surface area contributed by atoms with E-state index >= 15 is 0 Å². The van der Waals surface area contributed by atoms with Crippen molar-refractivity contribution < 1.29 is 4.79 Å². The number of hydrogen-bond acceptors (Lipinski definition) is 3. The Morgan fingerprint density at radius 3 is 3.06 bits per heavy atom. The first-order valence-electron chi connectivity index (χ1n) is 6.03. The fraction of sp³-hybridized carbons (Fsp3) is 0.385. The van der Waals surface area contributed by atoms with Gasteiger partial charge in [-0.15, -0.1) is 0 Å². The van der Waals surface area contributed by atoms with Crippen LogP contribution in [-0.2, 0) is 0 Å². The summed E-state index contributed by atoms with van der Waals surface area (Å²) in [4.78, 5) is 14.0. The number of carbonyl (C=O) groups excluding carboxylic acids is 1. The SMILES string of the molecule is CN(C)CCCNC(=O)c1ccc2cn[nH]c2c1. The molecule has 0 atom stereocenters. The third-order valence-corrected chi connectivity index (χ3v) is 2.77. The normalized spacial score (nSPS) is 11.1. The number of aromatic nitrogens is 2. The van der Waals surface area contributed by atoms with Crippen molar-refractivity contribution in [3.05, 3.63) is 30.0 Å². The van der Waals surface area contributed by atoms with Crippen molar-refractivity contribution in [1.82, 2.24) is 20.4 Å². The van der Waals surface area contributed by atoms with E-state index in [-0.39, 0.29) is 5.91 Å². The van der Waals surface area contributed by atoms with Gasteiger partial charge in [0.1, 0.15) is 0 Å². The summed E-state index contributed by atoms with van der Waals surface area (Å²) in [6, 6.07) is 5.54. The number of nitrogens with one attached hydrogen (secondary N) is 2. The molecule has 96 valence electrons. The lowest BCUT2D eigenvalue weighted by molar-refractivity contribution is 0.0952. The van der Waals surface area contributed by atoms with Crippen molar-refractivity contribution in [1.29, 1.82) is 0 Å². The van der Waals surface area contributed by atoms with Gasteiger partial charge in [0.05, 0.1) is 11.7 Å². The molecule has 2 N–H and O–H groups in total. The highest BCUT2D eigenvalue weighted by molar-refractivity contribution is 5.97. The molecule has 0 saturated heterocycles. The van der Waals surface area contributed by atoms with E-state index in [1.54, 1.807) is 6.20 Å². The van der Waals surface area contributed by atoms with Gasteiger partial charge in [0.25, 0.3) is 5.91 Å². The molecule has 0 aliphatic heterocycles. The van der Waals surface area contributed by atoms with Crippen molar-refractivity contribution in [2.75, 3.05) is 27.2 Å². The van der Waals surface area contributed by atoms with Crippen molar-refractivity contribution in [3.63, 3.8) is 0 Å². The maximum absolute atomic E-state index is 11.9. The van der Waals surface area contributed by atoms with E-state index in [2.05, 4.69) is 20.4 Å². The number of amides is 1. The van der Waals surface area contributed by atoms with E-state index in [0.717, 1.165) is 23.9 Å². The Morgan fingerprint density at radius 2 is 2.28 bits per heavy atom. The second kappa shape index (κ2) is 5.64. The zero-order valence-corrected chi connectivity index (χ0v) is 10.7. The standard InChI is InChI=1S/C13H18N4O/c1-17(2)7-3-6-14-13(18)10-4-5-11-9-15-16-12(11)8-10/h4-5,8-9H,3,6-7H2,1-2H3,(H,14,18)(H,15,16). The van der Waals surface area contributed by atoms with Crippen LogP contribution >= 0.6 is 0 Å². The van der Waals surface area contributed by atoms with Crippen molar-refractivity contribution in [3.8, 4) is 0 Å². The summed E-state index contributed by atoms with van der Waals surface area (Å²) in [5.74, 6) is -0.0368. The minimum Gasteiger partial charge on any atom is -0.352 e. The number of benzene rings is 1. The zero-order chi connectivity index (χ0) is 13.0. The average Bonchev–Trinajstić information content (AvgIpc) is 2.81. The predicted molar refractivity (Wildman–Crippen MR) is 71.6 cm³/mol. The summed E-state index contributed by atoms with van der Waals surface area (Å²) in [6.45, 7) is 1.66. The molecule has 2 rings (SSSR count). The monoisotopic (exact) mass is 246 g/mol. The molecule has 1 aromatic carbocycles. The van der Waals surface area contributed by atoms with Gasteiger partial charge in [0.15, 0.2) is 0 Å². The maximum Gasteiger partial charge on any atom is 0.251 e. The molecule has 18 heavy (non-hydrogen) atoms. The van der Waals surface area contributed by atoms with Crippen molar-refractivity contribution >= 4 is 16.8 Å². The quantitative estimate of drug-likeness (QED) is 0.780. The summed E-state index contributed by atoms with van der Waals surface area (Å²) in [7, 11) is 4.04. The number of carbonyl (C=O) groups is 1. The van der Waals surface area contributed by atoms with Crippen LogP contribution in [0.25, 0.3) is 10.9 Å². The topological polar surface area (TPSA) is 61.0 Å². The van der Waals surface area contributed by atoms with E-state index in [1.165, 1.54) is 0 Å². The lowest BCUT2D eigenvalue weighted by atomic mass is 10.1. The van der Waals surface area contributed by atoms with Crippen LogP contribution in [0, 0.1) is 0 Å². The molecular weight excluding hydrogens is 228 g/mol. The van der Waals surface area contributed by atoms with E-state index in [1.807, 2.05) is 32.3 Å². The van der Waals surface area contributed by atoms with Crippen LogP contribution in [0.3, 0.4) is 0 Å². The number of aromatic amines is 1. The molecule has 1 aromatic heterocycles. The first-order valence-corrected chi connectivity index (χ1v) is 6.03. The summed E-state index contributed by atoms with van der Waals surface area (Å²) in [6.07, 6.45) is 2.69. The highest BCUT2D eigenvalue weighted by Crippen LogP contribution is 2.12. The van der Waals surface area contributed by atoms with E-state index in [4.69, 9.17) is 0 Å². The van der Waals surface area contributed by atoms with Crippen LogP contribution in [0.5, 0.6) is 0 Å². The molecule has 2 aromatic rings. The Labute approximate surface area is 106 Å². The Kier molecular flexibility index (Phi) is 3.94. The number of hydrogen-bond donors (Lipinski definition) is 2. The van der Waals surface area contributed by atoms with Crippen molar-refractivity contribution in [2.45, 2.75) is 6.42 Å². The second-order valence-corrected chi connectivity index (χ2v) is 4.58. The van der Waals surface area contributed by atoms with Crippen LogP contribution < -0.4 is 5.32 Å².